The Morgan fingerprint density at radius 1 is 1.26 bits per heavy atom. The Hall–Kier alpha value is -3.23. The maximum atomic E-state index is 12.9. The molecule has 8 nitrogen and oxygen atoms in total. The summed E-state index contributed by atoms with van der Waals surface area (Å²) in [5.41, 5.74) is 2.71. The second-order valence-corrected chi connectivity index (χ2v) is 9.31. The van der Waals surface area contributed by atoms with E-state index in [1.54, 1.807) is 18.3 Å². The van der Waals surface area contributed by atoms with Crippen molar-refractivity contribution in [2.24, 2.45) is 5.92 Å². The molecule has 1 saturated carbocycles. The third kappa shape index (κ3) is 5.71. The van der Waals surface area contributed by atoms with Gasteiger partial charge in [0.05, 0.1) is 41.8 Å². The first-order chi connectivity index (χ1) is 17.1. The van der Waals surface area contributed by atoms with E-state index in [0.29, 0.717) is 47.7 Å². The van der Waals surface area contributed by atoms with Crippen LogP contribution < -0.4 is 15.0 Å². The molecular formula is C26H28ClN5O3. The number of pyridine rings is 1. The van der Waals surface area contributed by atoms with Crippen LogP contribution in [0.5, 0.6) is 5.75 Å². The van der Waals surface area contributed by atoms with Crippen molar-refractivity contribution < 1.29 is 14.3 Å². The van der Waals surface area contributed by atoms with Gasteiger partial charge < -0.3 is 19.7 Å². The number of amides is 1. The molecule has 2 aliphatic rings. The Morgan fingerprint density at radius 3 is 2.86 bits per heavy atom. The van der Waals surface area contributed by atoms with Crippen LogP contribution >= 0.6 is 11.6 Å². The van der Waals surface area contributed by atoms with Gasteiger partial charge in [-0.25, -0.2) is 4.98 Å². The molecule has 1 unspecified atom stereocenters. The zero-order chi connectivity index (χ0) is 24.2. The van der Waals surface area contributed by atoms with Crippen LogP contribution in [0.4, 0.5) is 5.82 Å². The molecule has 1 saturated heterocycles. The van der Waals surface area contributed by atoms with Gasteiger partial charge in [-0.15, -0.1) is 0 Å². The number of nitrogens with one attached hydrogen (secondary N) is 1. The maximum absolute atomic E-state index is 12.9. The first-order valence-electron chi connectivity index (χ1n) is 11.9. The topological polar surface area (TPSA) is 89.5 Å². The second kappa shape index (κ2) is 10.6. The monoisotopic (exact) mass is 493 g/mol. The van der Waals surface area contributed by atoms with Gasteiger partial charge in [0.2, 0.25) is 0 Å². The highest BCUT2D eigenvalue weighted by Gasteiger charge is 2.29. The fourth-order valence-electron chi connectivity index (χ4n) is 4.16. The predicted octanol–water partition coefficient (Wildman–Crippen LogP) is 4.14. The number of rotatable bonds is 8. The third-order valence-electron chi connectivity index (χ3n) is 6.36. The van der Waals surface area contributed by atoms with E-state index in [2.05, 4.69) is 32.3 Å². The summed E-state index contributed by atoms with van der Waals surface area (Å²) in [6, 6.07) is 11.1. The quantitative estimate of drug-likeness (QED) is 0.504. The standard InChI is InChI=1S/C26H28ClN5O3/c1-17(18-4-5-18)35-24-7-6-19(13-22(24)27)23-14-21(16-30-31-23)26(33)29-15-20-3-2-8-28-25(20)32-9-11-34-12-10-32/h2-3,6-8,13-14,16-18H,4-5,9-12,15H2,1H3,(H,29,33). The summed E-state index contributed by atoms with van der Waals surface area (Å²) in [6.45, 7) is 5.33. The van der Waals surface area contributed by atoms with Crippen molar-refractivity contribution in [2.45, 2.75) is 32.4 Å². The molecule has 35 heavy (non-hydrogen) atoms. The van der Waals surface area contributed by atoms with Crippen molar-refractivity contribution in [3.8, 4) is 17.0 Å². The molecule has 1 aliphatic carbocycles. The predicted molar refractivity (Wildman–Crippen MR) is 134 cm³/mol. The molecule has 2 fully saturated rings. The zero-order valence-electron chi connectivity index (χ0n) is 19.6. The largest absolute Gasteiger partial charge is 0.489 e. The molecule has 0 bridgehead atoms. The van der Waals surface area contributed by atoms with Crippen LogP contribution in [0.3, 0.4) is 0 Å². The van der Waals surface area contributed by atoms with Gasteiger partial charge in [0.1, 0.15) is 11.6 Å². The molecule has 5 rings (SSSR count). The lowest BCUT2D eigenvalue weighted by atomic mass is 10.1. The number of aromatic nitrogens is 3. The van der Waals surface area contributed by atoms with E-state index < -0.39 is 0 Å². The molecule has 3 heterocycles. The van der Waals surface area contributed by atoms with Crippen molar-refractivity contribution in [1.82, 2.24) is 20.5 Å². The summed E-state index contributed by atoms with van der Waals surface area (Å²) < 4.78 is 11.4. The third-order valence-corrected chi connectivity index (χ3v) is 6.66. The van der Waals surface area contributed by atoms with Crippen LogP contribution in [0, 0.1) is 5.92 Å². The van der Waals surface area contributed by atoms with E-state index >= 15 is 0 Å². The number of anilines is 1. The molecule has 0 spiro atoms. The molecule has 1 amide bonds. The van der Waals surface area contributed by atoms with Crippen LogP contribution in [0.1, 0.15) is 35.7 Å². The molecule has 3 aromatic rings. The number of nitrogens with zero attached hydrogens (tertiary/aromatic N) is 4. The van der Waals surface area contributed by atoms with Crippen LogP contribution in [-0.4, -0.2) is 53.5 Å². The number of halogens is 1. The molecule has 1 N–H and O–H groups in total. The van der Waals surface area contributed by atoms with Gasteiger partial charge in [-0.3, -0.25) is 4.79 Å². The van der Waals surface area contributed by atoms with E-state index in [9.17, 15) is 4.79 Å². The van der Waals surface area contributed by atoms with E-state index in [1.807, 2.05) is 24.3 Å². The number of carbonyl (C=O) groups is 1. The van der Waals surface area contributed by atoms with E-state index in [4.69, 9.17) is 21.1 Å². The number of carbonyl (C=O) groups excluding carboxylic acids is 1. The summed E-state index contributed by atoms with van der Waals surface area (Å²) in [6.07, 6.45) is 5.78. The Labute approximate surface area is 209 Å². The van der Waals surface area contributed by atoms with E-state index in [-0.39, 0.29) is 12.0 Å². The molecule has 9 heteroatoms. The lowest BCUT2D eigenvalue weighted by molar-refractivity contribution is 0.0950. The van der Waals surface area contributed by atoms with Crippen LogP contribution in [0.2, 0.25) is 5.02 Å². The molecular weight excluding hydrogens is 466 g/mol. The minimum Gasteiger partial charge on any atom is -0.489 e. The zero-order valence-corrected chi connectivity index (χ0v) is 20.4. The first-order valence-corrected chi connectivity index (χ1v) is 12.3. The minimum atomic E-state index is -0.234. The number of benzene rings is 1. The summed E-state index contributed by atoms with van der Waals surface area (Å²) in [5, 5.41) is 11.7. The van der Waals surface area contributed by atoms with Crippen LogP contribution in [-0.2, 0) is 11.3 Å². The molecule has 182 valence electrons. The van der Waals surface area contributed by atoms with E-state index in [1.165, 1.54) is 19.0 Å². The van der Waals surface area contributed by atoms with E-state index in [0.717, 1.165) is 30.0 Å². The Morgan fingerprint density at radius 2 is 2.09 bits per heavy atom. The fraction of sp³-hybridized carbons (Fsp3) is 0.385. The molecule has 1 atom stereocenters. The lowest BCUT2D eigenvalue weighted by Gasteiger charge is -2.29. The van der Waals surface area contributed by atoms with Crippen molar-refractivity contribution in [3.63, 3.8) is 0 Å². The number of morpholine rings is 1. The summed E-state index contributed by atoms with van der Waals surface area (Å²) in [5.74, 6) is 1.91. The highest BCUT2D eigenvalue weighted by molar-refractivity contribution is 6.32. The Bertz CT molecular complexity index is 1200. The number of ether oxygens (including phenoxy) is 2. The molecule has 1 aromatic carbocycles. The number of hydrogen-bond donors (Lipinski definition) is 1. The van der Waals surface area contributed by atoms with Crippen molar-refractivity contribution in [1.29, 1.82) is 0 Å². The summed E-state index contributed by atoms with van der Waals surface area (Å²) in [7, 11) is 0. The van der Waals surface area contributed by atoms with Crippen molar-refractivity contribution in [3.05, 3.63) is 64.9 Å². The van der Waals surface area contributed by atoms with Crippen molar-refractivity contribution >= 4 is 23.3 Å². The highest BCUT2D eigenvalue weighted by Crippen LogP contribution is 2.37. The fourth-order valence-corrected chi connectivity index (χ4v) is 4.38. The van der Waals surface area contributed by atoms with Gasteiger partial charge >= 0.3 is 0 Å². The first kappa shape index (κ1) is 23.5. The van der Waals surface area contributed by atoms with Gasteiger partial charge in [-0.05, 0) is 56.0 Å². The van der Waals surface area contributed by atoms with Gasteiger partial charge in [-0.2, -0.15) is 10.2 Å². The molecule has 1 aliphatic heterocycles. The Kier molecular flexibility index (Phi) is 7.11. The summed E-state index contributed by atoms with van der Waals surface area (Å²) >= 11 is 6.48. The summed E-state index contributed by atoms with van der Waals surface area (Å²) in [4.78, 5) is 19.6. The van der Waals surface area contributed by atoms with Gasteiger partial charge in [0.25, 0.3) is 5.91 Å². The lowest BCUT2D eigenvalue weighted by Crippen LogP contribution is -2.37. The average molecular weight is 494 g/mol. The van der Waals surface area contributed by atoms with Crippen LogP contribution in [0.25, 0.3) is 11.3 Å². The van der Waals surface area contributed by atoms with Gasteiger partial charge in [0.15, 0.2) is 0 Å². The molecule has 2 aromatic heterocycles. The molecule has 0 radical (unpaired) electrons. The Balaban J connectivity index is 1.26. The normalized spacial score (nSPS) is 16.6. The SMILES string of the molecule is CC(Oc1ccc(-c2cc(C(=O)NCc3cccnc3N3CCOCC3)cnn2)cc1Cl)C1CC1. The van der Waals surface area contributed by atoms with Gasteiger partial charge in [-0.1, -0.05) is 17.7 Å². The minimum absolute atomic E-state index is 0.147. The number of hydrogen-bond acceptors (Lipinski definition) is 7. The highest BCUT2D eigenvalue weighted by atomic mass is 35.5. The second-order valence-electron chi connectivity index (χ2n) is 8.90. The van der Waals surface area contributed by atoms with Crippen LogP contribution in [0.15, 0.2) is 48.8 Å². The van der Waals surface area contributed by atoms with Gasteiger partial charge in [0, 0.05) is 37.0 Å². The smallest absolute Gasteiger partial charge is 0.253 e. The average Bonchev–Trinajstić information content (AvgIpc) is 3.75. The van der Waals surface area contributed by atoms with Crippen molar-refractivity contribution in [2.75, 3.05) is 31.2 Å². The maximum Gasteiger partial charge on any atom is 0.253 e.